The van der Waals surface area contributed by atoms with Gasteiger partial charge in [0.05, 0.1) is 16.7 Å². The van der Waals surface area contributed by atoms with Gasteiger partial charge >= 0.3 is 0 Å². The van der Waals surface area contributed by atoms with Crippen LogP contribution < -0.4 is 4.90 Å². The van der Waals surface area contributed by atoms with Crippen molar-refractivity contribution < 1.29 is 4.42 Å². The first-order valence-electron chi connectivity index (χ1n) is 17.4. The third-order valence-electron chi connectivity index (χ3n) is 10.00. The molecule has 8 aromatic carbocycles. The fourth-order valence-electron chi connectivity index (χ4n) is 7.73. The van der Waals surface area contributed by atoms with Gasteiger partial charge < -0.3 is 13.9 Å². The Bertz CT molecular complexity index is 2810. The molecule has 0 atom stereocenters. The summed E-state index contributed by atoms with van der Waals surface area (Å²) in [5.74, 6) is 0. The molecule has 0 radical (unpaired) electrons. The second kappa shape index (κ2) is 11.9. The molecule has 0 amide bonds. The third kappa shape index (κ3) is 4.82. The average Bonchev–Trinajstić information content (AvgIpc) is 3.75. The Morgan fingerprint density at radius 2 is 0.980 bits per heavy atom. The molecule has 0 aliphatic carbocycles. The van der Waals surface area contributed by atoms with E-state index in [1.54, 1.807) is 0 Å². The summed E-state index contributed by atoms with van der Waals surface area (Å²) in [6.45, 7) is 0. The van der Waals surface area contributed by atoms with Gasteiger partial charge in [0.2, 0.25) is 0 Å². The molecule has 3 heteroatoms. The fourth-order valence-corrected chi connectivity index (χ4v) is 7.73. The van der Waals surface area contributed by atoms with E-state index in [1.807, 2.05) is 12.1 Å². The molecule has 0 unspecified atom stereocenters. The number of fused-ring (bicyclic) bond motifs is 6. The molecule has 0 bridgehead atoms. The van der Waals surface area contributed by atoms with Crippen molar-refractivity contribution >= 4 is 60.8 Å². The molecule has 10 aromatic rings. The lowest BCUT2D eigenvalue weighted by Gasteiger charge is -2.28. The Kier molecular flexibility index (Phi) is 6.81. The molecule has 0 spiro atoms. The lowest BCUT2D eigenvalue weighted by atomic mass is 9.98. The van der Waals surface area contributed by atoms with Crippen molar-refractivity contribution in [3.63, 3.8) is 0 Å². The van der Waals surface area contributed by atoms with Crippen molar-refractivity contribution in [3.8, 4) is 27.9 Å². The zero-order valence-electron chi connectivity index (χ0n) is 27.8. The van der Waals surface area contributed by atoms with Crippen molar-refractivity contribution in [3.05, 3.63) is 194 Å². The number of anilines is 3. The van der Waals surface area contributed by atoms with Crippen LogP contribution in [0.5, 0.6) is 0 Å². The van der Waals surface area contributed by atoms with Crippen LogP contribution in [0, 0.1) is 0 Å². The first-order chi connectivity index (χ1) is 25.3. The predicted octanol–water partition coefficient (Wildman–Crippen LogP) is 13.5. The SMILES string of the molecule is c1ccc(-c2ccccc2N(c2ccc(-c3cccc4oc5ccccc5c34)cc2)c2cccc(-n3c4ccccc4c4ccccc43)c2)cc1. The smallest absolute Gasteiger partial charge is 0.136 e. The Labute approximate surface area is 295 Å². The van der Waals surface area contributed by atoms with Crippen molar-refractivity contribution in [2.45, 2.75) is 0 Å². The van der Waals surface area contributed by atoms with E-state index in [1.165, 1.54) is 32.9 Å². The highest BCUT2D eigenvalue weighted by Gasteiger charge is 2.20. The molecule has 3 nitrogen and oxygen atoms in total. The standard InChI is InChI=1S/C48H32N2O/c1-2-14-33(15-3-1)38-18-4-8-23-43(38)49(35-30-28-34(29-31-35)39-22-13-27-47-48(39)42-21-7-11-26-46(42)51-47)36-16-12-17-37(32-36)50-44-24-9-5-19-40(44)41-20-6-10-25-45(41)50/h1-32H. The van der Waals surface area contributed by atoms with Gasteiger partial charge in [0.25, 0.3) is 0 Å². The zero-order chi connectivity index (χ0) is 33.7. The predicted molar refractivity (Wildman–Crippen MR) is 214 cm³/mol. The molecule has 0 aliphatic rings. The van der Waals surface area contributed by atoms with E-state index in [0.717, 1.165) is 55.8 Å². The second-order valence-electron chi connectivity index (χ2n) is 12.9. The van der Waals surface area contributed by atoms with Crippen LogP contribution in [0.2, 0.25) is 0 Å². The topological polar surface area (TPSA) is 21.3 Å². The maximum Gasteiger partial charge on any atom is 0.136 e. The highest BCUT2D eigenvalue weighted by molar-refractivity contribution is 6.12. The van der Waals surface area contributed by atoms with Crippen LogP contribution in [0.15, 0.2) is 199 Å². The van der Waals surface area contributed by atoms with E-state index in [4.69, 9.17) is 4.42 Å². The first-order valence-corrected chi connectivity index (χ1v) is 17.4. The van der Waals surface area contributed by atoms with Gasteiger partial charge in [0.1, 0.15) is 11.2 Å². The first kappa shape index (κ1) is 29.1. The minimum atomic E-state index is 0.901. The summed E-state index contributed by atoms with van der Waals surface area (Å²) < 4.78 is 8.62. The quantitative estimate of drug-likeness (QED) is 0.178. The van der Waals surface area contributed by atoms with Crippen LogP contribution >= 0.6 is 0 Å². The number of aromatic nitrogens is 1. The number of furan rings is 1. The van der Waals surface area contributed by atoms with Crippen LogP contribution in [0.25, 0.3) is 71.7 Å². The maximum absolute atomic E-state index is 6.23. The molecular weight excluding hydrogens is 621 g/mol. The number of para-hydroxylation sites is 4. The van der Waals surface area contributed by atoms with E-state index >= 15 is 0 Å². The molecule has 0 N–H and O–H groups in total. The summed E-state index contributed by atoms with van der Waals surface area (Å²) in [7, 11) is 0. The summed E-state index contributed by atoms with van der Waals surface area (Å²) >= 11 is 0. The Morgan fingerprint density at radius 1 is 0.392 bits per heavy atom. The minimum absolute atomic E-state index is 0.901. The molecule has 2 heterocycles. The summed E-state index contributed by atoms with van der Waals surface area (Å²) in [5.41, 5.74) is 13.2. The number of nitrogens with zero attached hydrogens (tertiary/aromatic N) is 2. The Balaban J connectivity index is 1.16. The monoisotopic (exact) mass is 652 g/mol. The third-order valence-corrected chi connectivity index (χ3v) is 10.00. The summed E-state index contributed by atoms with van der Waals surface area (Å²) in [4.78, 5) is 2.39. The van der Waals surface area contributed by atoms with E-state index in [0.29, 0.717) is 0 Å². The van der Waals surface area contributed by atoms with Crippen molar-refractivity contribution in [1.29, 1.82) is 0 Å². The van der Waals surface area contributed by atoms with Crippen LogP contribution in [-0.4, -0.2) is 4.57 Å². The highest BCUT2D eigenvalue weighted by Crippen LogP contribution is 2.43. The molecule has 51 heavy (non-hydrogen) atoms. The van der Waals surface area contributed by atoms with Crippen LogP contribution in [0.3, 0.4) is 0 Å². The molecule has 0 saturated heterocycles. The molecule has 2 aromatic heterocycles. The molecule has 0 saturated carbocycles. The summed E-state index contributed by atoms with van der Waals surface area (Å²) in [6, 6.07) is 69.2. The molecule has 240 valence electrons. The van der Waals surface area contributed by atoms with E-state index in [9.17, 15) is 0 Å². The number of hydrogen-bond donors (Lipinski definition) is 0. The van der Waals surface area contributed by atoms with Gasteiger partial charge in [-0.3, -0.25) is 0 Å². The maximum atomic E-state index is 6.23. The van der Waals surface area contributed by atoms with Gasteiger partial charge in [0.15, 0.2) is 0 Å². The van der Waals surface area contributed by atoms with E-state index < -0.39 is 0 Å². The number of benzene rings is 8. The number of rotatable bonds is 6. The summed E-state index contributed by atoms with van der Waals surface area (Å²) in [6.07, 6.45) is 0. The van der Waals surface area contributed by atoms with E-state index in [-0.39, 0.29) is 0 Å². The Morgan fingerprint density at radius 3 is 1.76 bits per heavy atom. The second-order valence-corrected chi connectivity index (χ2v) is 12.9. The summed E-state index contributed by atoms with van der Waals surface area (Å²) in [5, 5.41) is 4.78. The van der Waals surface area contributed by atoms with Crippen LogP contribution in [-0.2, 0) is 0 Å². The number of hydrogen-bond acceptors (Lipinski definition) is 2. The average molecular weight is 653 g/mol. The van der Waals surface area contributed by atoms with Crippen LogP contribution in [0.1, 0.15) is 0 Å². The fraction of sp³-hybridized carbons (Fsp3) is 0. The normalized spacial score (nSPS) is 11.5. The van der Waals surface area contributed by atoms with Gasteiger partial charge in [-0.05, 0) is 77.4 Å². The van der Waals surface area contributed by atoms with Gasteiger partial charge in [-0.1, -0.05) is 133 Å². The van der Waals surface area contributed by atoms with Crippen molar-refractivity contribution in [2.24, 2.45) is 0 Å². The van der Waals surface area contributed by atoms with Crippen molar-refractivity contribution in [1.82, 2.24) is 4.57 Å². The molecular formula is C48H32N2O. The highest BCUT2D eigenvalue weighted by atomic mass is 16.3. The van der Waals surface area contributed by atoms with Gasteiger partial charge in [-0.2, -0.15) is 0 Å². The zero-order valence-corrected chi connectivity index (χ0v) is 27.8. The molecule has 10 rings (SSSR count). The van der Waals surface area contributed by atoms with Gasteiger partial charge in [-0.15, -0.1) is 0 Å². The largest absolute Gasteiger partial charge is 0.456 e. The molecule has 0 aliphatic heterocycles. The van der Waals surface area contributed by atoms with Gasteiger partial charge in [-0.25, -0.2) is 0 Å². The minimum Gasteiger partial charge on any atom is -0.456 e. The van der Waals surface area contributed by atoms with E-state index in [2.05, 4.69) is 191 Å². The molecule has 0 fully saturated rings. The Hall–Kier alpha value is -6.84. The van der Waals surface area contributed by atoms with Crippen molar-refractivity contribution in [2.75, 3.05) is 4.90 Å². The lowest BCUT2D eigenvalue weighted by molar-refractivity contribution is 0.669. The van der Waals surface area contributed by atoms with Crippen LogP contribution in [0.4, 0.5) is 17.1 Å². The van der Waals surface area contributed by atoms with Gasteiger partial charge in [0, 0.05) is 44.2 Å². The lowest BCUT2D eigenvalue weighted by Crippen LogP contribution is -2.11.